The molecule has 1 heterocycles. The molecule has 1 saturated heterocycles. The molecule has 5 atom stereocenters. The van der Waals surface area contributed by atoms with E-state index in [0.717, 1.165) is 12.3 Å². The summed E-state index contributed by atoms with van der Waals surface area (Å²) in [5, 5.41) is 0. The van der Waals surface area contributed by atoms with E-state index in [4.69, 9.17) is 10.5 Å². The number of ketones is 2. The molecule has 3 aliphatic carbocycles. The molecule has 1 radical (unpaired) electrons. The molecular weight excluding hydrogens is 385 g/mol. The maximum atomic E-state index is 12.8. The van der Waals surface area contributed by atoms with Crippen molar-refractivity contribution in [2.45, 2.75) is 32.4 Å². The Morgan fingerprint density at radius 1 is 1.25 bits per heavy atom. The first-order chi connectivity index (χ1) is 10.8. The monoisotopic (exact) mass is 404 g/mol. The number of primary amides is 1. The number of likely N-dealkylation sites (N-methyl/N-ethyl adjacent to an activating group) is 1. The fraction of sp³-hybridized carbons (Fsp3) is 0.529. The average molecular weight is 404 g/mol. The first-order valence-electron chi connectivity index (χ1n) is 7.86. The minimum Gasteiger partial charge on any atom is -0.452 e. The van der Waals surface area contributed by atoms with Gasteiger partial charge in [-0.15, -0.1) is 5.92 Å². The Morgan fingerprint density at radius 3 is 2.42 bits per heavy atom. The molecule has 6 nitrogen and oxygen atoms in total. The van der Waals surface area contributed by atoms with Crippen LogP contribution in [0.25, 0.3) is 0 Å². The summed E-state index contributed by atoms with van der Waals surface area (Å²) in [5.41, 5.74) is 7.33. The van der Waals surface area contributed by atoms with Crippen LogP contribution in [0.1, 0.15) is 20.3 Å². The van der Waals surface area contributed by atoms with Crippen LogP contribution in [0.15, 0.2) is 22.3 Å². The maximum absolute atomic E-state index is 12.8. The van der Waals surface area contributed by atoms with Gasteiger partial charge in [0.2, 0.25) is 0 Å². The second-order valence-corrected chi connectivity index (χ2v) is 6.88. The van der Waals surface area contributed by atoms with Crippen molar-refractivity contribution in [2.75, 3.05) is 13.7 Å². The molecule has 0 spiro atoms. The van der Waals surface area contributed by atoms with Gasteiger partial charge in [0.15, 0.2) is 11.6 Å². The number of nitrogens with zero attached hydrogens (tertiary/aromatic N) is 1. The molecule has 2 fully saturated rings. The van der Waals surface area contributed by atoms with Crippen LogP contribution in [0.3, 0.4) is 0 Å². The second kappa shape index (κ2) is 5.85. The van der Waals surface area contributed by atoms with Crippen molar-refractivity contribution >= 4 is 17.7 Å². The third-order valence-electron chi connectivity index (χ3n) is 5.97. The quantitative estimate of drug-likeness (QED) is 0.417. The van der Waals surface area contributed by atoms with Gasteiger partial charge in [0.05, 0.1) is 6.61 Å². The minimum absolute atomic E-state index is 0. The predicted octanol–water partition coefficient (Wildman–Crippen LogP) is 0.771. The van der Waals surface area contributed by atoms with Gasteiger partial charge in [0, 0.05) is 43.9 Å². The topological polar surface area (TPSA) is 89.5 Å². The van der Waals surface area contributed by atoms with Crippen LogP contribution in [0.2, 0.25) is 0 Å². The molecule has 2 N–H and O–H groups in total. The largest absolute Gasteiger partial charge is 0.452 e. The summed E-state index contributed by atoms with van der Waals surface area (Å²) in [6.07, 6.45) is 0.0150. The van der Waals surface area contributed by atoms with Gasteiger partial charge in [-0.25, -0.2) is 4.79 Å². The number of fused-ring (bicyclic) bond motifs is 4. The predicted molar refractivity (Wildman–Crippen MR) is 81.1 cm³/mol. The third-order valence-corrected chi connectivity index (χ3v) is 5.97. The van der Waals surface area contributed by atoms with Gasteiger partial charge in [-0.1, -0.05) is 18.4 Å². The van der Waals surface area contributed by atoms with Crippen LogP contribution in [0.4, 0.5) is 4.79 Å². The molecule has 7 heteroatoms. The van der Waals surface area contributed by atoms with Crippen molar-refractivity contribution in [3.63, 3.8) is 0 Å². The number of nitrogens with two attached hydrogens (primary N) is 1. The van der Waals surface area contributed by atoms with Crippen LogP contribution < -0.4 is 5.73 Å². The van der Waals surface area contributed by atoms with E-state index >= 15 is 0 Å². The summed E-state index contributed by atoms with van der Waals surface area (Å²) >= 11 is 0. The Morgan fingerprint density at radius 2 is 1.83 bits per heavy atom. The number of rotatable bonds is 2. The van der Waals surface area contributed by atoms with E-state index in [1.807, 2.05) is 7.05 Å². The summed E-state index contributed by atoms with van der Waals surface area (Å²) < 4.78 is 5.02. The van der Waals surface area contributed by atoms with E-state index < -0.39 is 6.09 Å². The Bertz CT molecular complexity index is 726. The van der Waals surface area contributed by atoms with Crippen LogP contribution in [-0.4, -0.2) is 48.3 Å². The Hall–Kier alpha value is -0.846. The van der Waals surface area contributed by atoms with Crippen LogP contribution in [0.5, 0.6) is 0 Å². The van der Waals surface area contributed by atoms with Crippen molar-refractivity contribution < 1.29 is 51.8 Å². The molecule has 125 valence electrons. The van der Waals surface area contributed by atoms with Crippen LogP contribution in [-0.2, 0) is 47.0 Å². The number of likely N-dealkylation sites (tertiary alicyclic amines) is 1. The van der Waals surface area contributed by atoms with Gasteiger partial charge in [0.25, 0.3) is 0 Å². The fourth-order valence-corrected chi connectivity index (χ4v) is 4.67. The van der Waals surface area contributed by atoms with E-state index in [2.05, 4.69) is 4.90 Å². The number of allylic oxidation sites excluding steroid dienone is 3. The summed E-state index contributed by atoms with van der Waals surface area (Å²) in [6.45, 7) is 3.45. The molecule has 4 rings (SSSR count). The van der Waals surface area contributed by atoms with Gasteiger partial charge in [-0.3, -0.25) is 15.5 Å². The number of ether oxygens (including phenoxy) is 1. The molecule has 0 aromatic heterocycles. The van der Waals surface area contributed by atoms with Gasteiger partial charge in [-0.2, -0.15) is 0 Å². The van der Waals surface area contributed by atoms with Crippen LogP contribution in [0, 0.1) is 17.8 Å². The molecule has 1 aliphatic heterocycles. The molecule has 5 unspecified atom stereocenters. The fourth-order valence-electron chi connectivity index (χ4n) is 4.67. The molecule has 24 heavy (non-hydrogen) atoms. The molecule has 1 amide bonds. The van der Waals surface area contributed by atoms with Crippen molar-refractivity contribution in [3.05, 3.63) is 28.2 Å². The van der Waals surface area contributed by atoms with Crippen molar-refractivity contribution in [1.29, 1.82) is 0 Å². The SMILES string of the molecule is CC1=C(C)C(=O)C2=C(C1=O)C(COC(N)=O)[C-]1C2CC2C1N2C.[Y]. The van der Waals surface area contributed by atoms with Gasteiger partial charge in [0.1, 0.15) is 0 Å². The number of hydrogen-bond donors (Lipinski definition) is 1. The zero-order valence-corrected chi connectivity index (χ0v) is 16.8. The average Bonchev–Trinajstić information content (AvgIpc) is 2.87. The first-order valence-corrected chi connectivity index (χ1v) is 7.86. The van der Waals surface area contributed by atoms with Crippen LogP contribution >= 0.6 is 0 Å². The number of piperidine rings is 1. The summed E-state index contributed by atoms with van der Waals surface area (Å²) in [4.78, 5) is 38.8. The summed E-state index contributed by atoms with van der Waals surface area (Å²) in [7, 11) is 2.04. The smallest absolute Gasteiger partial charge is 0.404 e. The standard InChI is InChI=1S/C17H19N2O4.Y/c1-6-7(2)16(21)13-9(5-23-17(18)22)11-8(12(13)15(6)20)4-10-14(11)19(10)3;/h8-10,14H,4-5H2,1-3H3,(H2,18,22);/q-1;. The molecule has 0 aromatic carbocycles. The normalized spacial score (nSPS) is 37.0. The Balaban J connectivity index is 0.00000169. The Kier molecular flexibility index (Phi) is 4.38. The molecule has 0 aromatic rings. The minimum atomic E-state index is -0.854. The molecule has 4 aliphatic rings. The first kappa shape index (κ1) is 18.0. The summed E-state index contributed by atoms with van der Waals surface area (Å²) in [6, 6.07) is 0.726. The van der Waals surface area contributed by atoms with Gasteiger partial charge < -0.3 is 15.4 Å². The number of carbonyl (C=O) groups is 3. The number of Topliss-reactive ketones (excluding diaryl/α,β-unsaturated/α-hetero) is 2. The van der Waals surface area contributed by atoms with E-state index in [9.17, 15) is 14.4 Å². The zero-order chi connectivity index (χ0) is 16.6. The van der Waals surface area contributed by atoms with Gasteiger partial charge >= 0.3 is 6.09 Å². The number of carbonyl (C=O) groups excluding carboxylic acids is 3. The molecule has 0 bridgehead atoms. The molecular formula is C17H19N2O4Y-. The van der Waals surface area contributed by atoms with Crippen molar-refractivity contribution in [1.82, 2.24) is 4.90 Å². The number of hydrogen-bond acceptors (Lipinski definition) is 5. The van der Waals surface area contributed by atoms with E-state index in [0.29, 0.717) is 28.3 Å². The second-order valence-electron chi connectivity index (χ2n) is 6.88. The maximum Gasteiger partial charge on any atom is 0.404 e. The van der Waals surface area contributed by atoms with E-state index in [1.54, 1.807) is 13.8 Å². The van der Waals surface area contributed by atoms with E-state index in [1.165, 1.54) is 0 Å². The molecule has 1 saturated carbocycles. The third kappa shape index (κ3) is 2.22. The van der Waals surface area contributed by atoms with Gasteiger partial charge in [-0.05, 0) is 38.1 Å². The summed E-state index contributed by atoms with van der Waals surface area (Å²) in [5.74, 6) is 0.772. The number of amides is 1. The van der Waals surface area contributed by atoms with Crippen molar-refractivity contribution in [3.8, 4) is 0 Å². The Labute approximate surface area is 165 Å². The van der Waals surface area contributed by atoms with E-state index in [-0.39, 0.29) is 68.8 Å². The van der Waals surface area contributed by atoms with Crippen molar-refractivity contribution in [2.24, 2.45) is 17.6 Å². The zero-order valence-electron chi connectivity index (χ0n) is 14.0.